The van der Waals surface area contributed by atoms with Crippen LogP contribution in [-0.4, -0.2) is 24.5 Å². The van der Waals surface area contributed by atoms with Crippen molar-refractivity contribution >= 4 is 17.0 Å². The van der Waals surface area contributed by atoms with E-state index in [-0.39, 0.29) is 0 Å². The average Bonchev–Trinajstić information content (AvgIpc) is 2.95. The zero-order chi connectivity index (χ0) is 12.5. The zero-order valence-electron chi connectivity index (χ0n) is 10.1. The van der Waals surface area contributed by atoms with Crippen LogP contribution in [0.15, 0.2) is 30.6 Å². The first kappa shape index (κ1) is 10.8. The Bertz CT molecular complexity index is 667. The van der Waals surface area contributed by atoms with E-state index < -0.39 is 0 Å². The van der Waals surface area contributed by atoms with Crippen LogP contribution < -0.4 is 5.73 Å². The summed E-state index contributed by atoms with van der Waals surface area (Å²) in [6, 6.07) is 6.09. The fourth-order valence-corrected chi connectivity index (χ4v) is 2.09. The number of imidazole rings is 1. The second-order valence-electron chi connectivity index (χ2n) is 4.23. The highest BCUT2D eigenvalue weighted by molar-refractivity contribution is 5.81. The Kier molecular flexibility index (Phi) is 2.47. The topological polar surface area (TPSA) is 74.5 Å². The van der Waals surface area contributed by atoms with Gasteiger partial charge in [0.15, 0.2) is 0 Å². The minimum atomic E-state index is 0.541. The second-order valence-corrected chi connectivity index (χ2v) is 4.23. The molecule has 2 heterocycles. The van der Waals surface area contributed by atoms with Crippen molar-refractivity contribution in [3.8, 4) is 0 Å². The normalized spacial score (nSPS) is 11.2. The maximum absolute atomic E-state index is 5.97. The lowest BCUT2D eigenvalue weighted by Gasteiger charge is -2.06. The van der Waals surface area contributed by atoms with Crippen LogP contribution in [0.2, 0.25) is 0 Å². The summed E-state index contributed by atoms with van der Waals surface area (Å²) in [4.78, 5) is 4.41. The number of rotatable bonds is 3. The summed E-state index contributed by atoms with van der Waals surface area (Å²) in [6.07, 6.45) is 3.50. The minimum absolute atomic E-state index is 0.541. The van der Waals surface area contributed by atoms with Gasteiger partial charge in [-0.2, -0.15) is 0 Å². The second kappa shape index (κ2) is 4.14. The molecule has 0 saturated carbocycles. The Morgan fingerprint density at radius 2 is 2.17 bits per heavy atom. The molecule has 0 aliphatic rings. The third kappa shape index (κ3) is 1.71. The smallest absolute Gasteiger partial charge is 0.201 e. The van der Waals surface area contributed by atoms with Gasteiger partial charge in [0.05, 0.1) is 23.8 Å². The van der Waals surface area contributed by atoms with Crippen LogP contribution >= 0.6 is 0 Å². The Hall–Kier alpha value is -2.37. The fourth-order valence-electron chi connectivity index (χ4n) is 2.09. The predicted octanol–water partition coefficient (Wildman–Crippen LogP) is 1.22. The molecule has 0 saturated heterocycles. The lowest BCUT2D eigenvalue weighted by atomic mass is 10.2. The van der Waals surface area contributed by atoms with Gasteiger partial charge in [-0.25, -0.2) is 4.98 Å². The molecule has 0 unspecified atom stereocenters. The van der Waals surface area contributed by atoms with Crippen LogP contribution in [0.3, 0.4) is 0 Å². The molecular weight excluding hydrogens is 228 g/mol. The summed E-state index contributed by atoms with van der Waals surface area (Å²) in [7, 11) is 0. The SMILES string of the molecule is Cc1cccc2c1nc(N)n2CCn1ccnn1. The van der Waals surface area contributed by atoms with Gasteiger partial charge in [0.2, 0.25) is 5.95 Å². The molecule has 0 aliphatic carbocycles. The molecule has 0 aliphatic heterocycles. The number of aromatic nitrogens is 5. The highest BCUT2D eigenvalue weighted by Crippen LogP contribution is 2.20. The maximum atomic E-state index is 5.97. The van der Waals surface area contributed by atoms with Crippen molar-refractivity contribution in [3.63, 3.8) is 0 Å². The molecule has 6 nitrogen and oxygen atoms in total. The molecule has 0 atom stereocenters. The lowest BCUT2D eigenvalue weighted by Crippen LogP contribution is -2.10. The highest BCUT2D eigenvalue weighted by atomic mass is 15.4. The quantitative estimate of drug-likeness (QED) is 0.749. The molecular formula is C12H14N6. The van der Waals surface area contributed by atoms with E-state index in [4.69, 9.17) is 5.73 Å². The Morgan fingerprint density at radius 1 is 1.28 bits per heavy atom. The van der Waals surface area contributed by atoms with Crippen molar-refractivity contribution in [2.24, 2.45) is 0 Å². The molecule has 0 spiro atoms. The van der Waals surface area contributed by atoms with Gasteiger partial charge in [-0.3, -0.25) is 4.68 Å². The number of nitrogens with zero attached hydrogens (tertiary/aromatic N) is 5. The molecule has 0 amide bonds. The van der Waals surface area contributed by atoms with Crippen LogP contribution in [0, 0.1) is 6.92 Å². The Labute approximate surface area is 104 Å². The van der Waals surface area contributed by atoms with Crippen molar-refractivity contribution in [1.29, 1.82) is 0 Å². The maximum Gasteiger partial charge on any atom is 0.201 e. The Balaban J connectivity index is 1.96. The largest absolute Gasteiger partial charge is 0.369 e. The van der Waals surface area contributed by atoms with E-state index in [0.717, 1.165) is 29.7 Å². The summed E-state index contributed by atoms with van der Waals surface area (Å²) in [5.41, 5.74) is 9.13. The predicted molar refractivity (Wildman–Crippen MR) is 68.9 cm³/mol. The number of anilines is 1. The summed E-state index contributed by atoms with van der Waals surface area (Å²) in [5, 5.41) is 7.71. The van der Waals surface area contributed by atoms with Crippen molar-refractivity contribution in [1.82, 2.24) is 24.5 Å². The molecule has 2 N–H and O–H groups in total. The monoisotopic (exact) mass is 242 g/mol. The molecule has 0 bridgehead atoms. The van der Waals surface area contributed by atoms with E-state index in [1.165, 1.54) is 0 Å². The van der Waals surface area contributed by atoms with E-state index in [0.29, 0.717) is 5.95 Å². The average molecular weight is 242 g/mol. The summed E-state index contributed by atoms with van der Waals surface area (Å²) < 4.78 is 3.78. The first-order valence-corrected chi connectivity index (χ1v) is 5.81. The molecule has 1 aromatic carbocycles. The number of para-hydroxylation sites is 1. The standard InChI is InChI=1S/C12H14N6/c1-9-3-2-4-10-11(9)15-12(13)18(10)8-7-17-6-5-14-16-17/h2-6H,7-8H2,1H3,(H2,13,15). The Morgan fingerprint density at radius 3 is 2.94 bits per heavy atom. The third-order valence-electron chi connectivity index (χ3n) is 3.03. The van der Waals surface area contributed by atoms with E-state index in [1.807, 2.05) is 35.9 Å². The molecule has 3 aromatic rings. The van der Waals surface area contributed by atoms with Gasteiger partial charge in [0.25, 0.3) is 0 Å². The van der Waals surface area contributed by atoms with Crippen molar-refractivity contribution in [2.75, 3.05) is 5.73 Å². The highest BCUT2D eigenvalue weighted by Gasteiger charge is 2.09. The molecule has 2 aromatic heterocycles. The van der Waals surface area contributed by atoms with Gasteiger partial charge < -0.3 is 10.3 Å². The zero-order valence-corrected chi connectivity index (χ0v) is 10.1. The number of nitrogens with two attached hydrogens (primary N) is 1. The van der Waals surface area contributed by atoms with E-state index in [2.05, 4.69) is 15.3 Å². The lowest BCUT2D eigenvalue weighted by molar-refractivity contribution is 0.529. The number of hydrogen-bond acceptors (Lipinski definition) is 4. The molecule has 18 heavy (non-hydrogen) atoms. The van der Waals surface area contributed by atoms with Gasteiger partial charge in [-0.1, -0.05) is 17.3 Å². The number of fused-ring (bicyclic) bond motifs is 1. The van der Waals surface area contributed by atoms with Crippen LogP contribution in [0.4, 0.5) is 5.95 Å². The van der Waals surface area contributed by atoms with E-state index in [9.17, 15) is 0 Å². The van der Waals surface area contributed by atoms with Crippen LogP contribution in [0.25, 0.3) is 11.0 Å². The fraction of sp³-hybridized carbons (Fsp3) is 0.250. The minimum Gasteiger partial charge on any atom is -0.369 e. The summed E-state index contributed by atoms with van der Waals surface area (Å²) >= 11 is 0. The number of hydrogen-bond donors (Lipinski definition) is 1. The van der Waals surface area contributed by atoms with Crippen LogP contribution in [-0.2, 0) is 13.1 Å². The molecule has 92 valence electrons. The molecule has 6 heteroatoms. The number of nitrogen functional groups attached to an aromatic ring is 1. The van der Waals surface area contributed by atoms with Crippen molar-refractivity contribution < 1.29 is 0 Å². The summed E-state index contributed by atoms with van der Waals surface area (Å²) in [5.74, 6) is 0.541. The van der Waals surface area contributed by atoms with Gasteiger partial charge in [-0.05, 0) is 18.6 Å². The number of aryl methyl sites for hydroxylation is 3. The van der Waals surface area contributed by atoms with E-state index in [1.54, 1.807) is 10.9 Å². The van der Waals surface area contributed by atoms with Crippen molar-refractivity contribution in [3.05, 3.63) is 36.2 Å². The summed E-state index contributed by atoms with van der Waals surface area (Å²) in [6.45, 7) is 3.50. The molecule has 3 rings (SSSR count). The van der Waals surface area contributed by atoms with Gasteiger partial charge in [0, 0.05) is 12.7 Å². The van der Waals surface area contributed by atoms with Gasteiger partial charge in [-0.15, -0.1) is 5.10 Å². The third-order valence-corrected chi connectivity index (χ3v) is 3.03. The van der Waals surface area contributed by atoms with Gasteiger partial charge in [0.1, 0.15) is 0 Å². The first-order chi connectivity index (χ1) is 8.75. The molecule has 0 fully saturated rings. The van der Waals surface area contributed by atoms with Crippen LogP contribution in [0.5, 0.6) is 0 Å². The van der Waals surface area contributed by atoms with Crippen LogP contribution in [0.1, 0.15) is 5.56 Å². The van der Waals surface area contributed by atoms with Crippen molar-refractivity contribution in [2.45, 2.75) is 20.0 Å². The van der Waals surface area contributed by atoms with E-state index >= 15 is 0 Å². The van der Waals surface area contributed by atoms with Gasteiger partial charge >= 0.3 is 0 Å². The first-order valence-electron chi connectivity index (χ1n) is 5.81. The number of benzene rings is 1. The molecule has 0 radical (unpaired) electrons.